The summed E-state index contributed by atoms with van der Waals surface area (Å²) in [4.78, 5) is 24.3. The first-order chi connectivity index (χ1) is 16.8. The Kier molecular flexibility index (Phi) is 7.85. The lowest BCUT2D eigenvalue weighted by molar-refractivity contribution is -0.114. The predicted octanol–water partition coefficient (Wildman–Crippen LogP) is 3.71. The van der Waals surface area contributed by atoms with Crippen LogP contribution in [-0.2, 0) is 24.8 Å². The van der Waals surface area contributed by atoms with E-state index in [4.69, 9.17) is 0 Å². The molecule has 1 amide bonds. The van der Waals surface area contributed by atoms with Crippen molar-refractivity contribution >= 4 is 48.8 Å². The number of benzene rings is 3. The van der Waals surface area contributed by atoms with E-state index in [0.29, 0.717) is 11.3 Å². The van der Waals surface area contributed by atoms with Crippen molar-refractivity contribution in [2.75, 3.05) is 27.1 Å². The highest BCUT2D eigenvalue weighted by atomic mass is 32.2. The van der Waals surface area contributed by atoms with Gasteiger partial charge in [-0.05, 0) is 68.3 Å². The van der Waals surface area contributed by atoms with Gasteiger partial charge < -0.3 is 5.32 Å². The third-order valence-corrected chi connectivity index (χ3v) is 7.90. The van der Waals surface area contributed by atoms with Gasteiger partial charge in [0, 0.05) is 11.3 Å². The van der Waals surface area contributed by atoms with E-state index in [1.165, 1.54) is 49.4 Å². The van der Waals surface area contributed by atoms with Gasteiger partial charge in [-0.2, -0.15) is 0 Å². The van der Waals surface area contributed by atoms with Gasteiger partial charge in [0.05, 0.1) is 22.5 Å². The topological polar surface area (TPSA) is 130 Å². The fourth-order valence-electron chi connectivity index (χ4n) is 3.50. The Morgan fingerprint density at radius 1 is 0.861 bits per heavy atom. The van der Waals surface area contributed by atoms with Crippen LogP contribution < -0.4 is 14.3 Å². The molecule has 3 aromatic carbocycles. The van der Waals surface area contributed by atoms with Crippen LogP contribution in [0, 0.1) is 13.8 Å². The number of anilines is 3. The normalized spacial score (nSPS) is 11.6. The smallest absolute Gasteiger partial charge is 0.261 e. The summed E-state index contributed by atoms with van der Waals surface area (Å²) in [6.07, 6.45) is 0.962. The second-order valence-electron chi connectivity index (χ2n) is 8.32. The largest absolute Gasteiger partial charge is 0.325 e. The summed E-state index contributed by atoms with van der Waals surface area (Å²) in [6, 6.07) is 16.9. The standard InChI is InChI=1S/C25H27N3O6S2/c1-17-7-5-8-18(2)25(17)27-36(33,34)23-13-11-21(12-14-23)26-24(30)16-28(35(4,31)32)22-10-6-9-20(15-22)19(3)29/h5-15,27H,16H2,1-4H3,(H,26,30). The first-order valence-electron chi connectivity index (χ1n) is 10.9. The molecule has 0 spiro atoms. The maximum absolute atomic E-state index is 12.8. The van der Waals surface area contributed by atoms with Crippen LogP contribution in [0.2, 0.25) is 0 Å². The molecule has 0 atom stereocenters. The zero-order valence-corrected chi connectivity index (χ0v) is 21.9. The lowest BCUT2D eigenvalue weighted by atomic mass is 10.1. The molecule has 0 saturated heterocycles. The number of aryl methyl sites for hydroxylation is 2. The fraction of sp³-hybridized carbons (Fsp3) is 0.200. The average Bonchev–Trinajstić information content (AvgIpc) is 2.80. The lowest BCUT2D eigenvalue weighted by Gasteiger charge is -2.22. The molecule has 3 aromatic rings. The van der Waals surface area contributed by atoms with Gasteiger partial charge in [-0.15, -0.1) is 0 Å². The number of sulfonamides is 2. The van der Waals surface area contributed by atoms with Gasteiger partial charge in [-0.3, -0.25) is 18.6 Å². The van der Waals surface area contributed by atoms with Crippen LogP contribution in [0.25, 0.3) is 0 Å². The van der Waals surface area contributed by atoms with E-state index in [1.54, 1.807) is 32.0 Å². The van der Waals surface area contributed by atoms with Crippen molar-refractivity contribution in [1.29, 1.82) is 0 Å². The molecule has 2 N–H and O–H groups in total. The zero-order valence-electron chi connectivity index (χ0n) is 20.3. The van der Waals surface area contributed by atoms with Crippen molar-refractivity contribution in [3.05, 3.63) is 83.4 Å². The summed E-state index contributed by atoms with van der Waals surface area (Å²) in [6.45, 7) is 4.44. The van der Waals surface area contributed by atoms with Crippen molar-refractivity contribution < 1.29 is 26.4 Å². The Hall–Kier alpha value is -3.70. The van der Waals surface area contributed by atoms with E-state index in [2.05, 4.69) is 10.0 Å². The first kappa shape index (κ1) is 26.9. The number of rotatable bonds is 9. The summed E-state index contributed by atoms with van der Waals surface area (Å²) >= 11 is 0. The number of carbonyl (C=O) groups is 2. The van der Waals surface area contributed by atoms with Crippen LogP contribution in [-0.4, -0.2) is 41.3 Å². The zero-order chi connectivity index (χ0) is 26.7. The number of amides is 1. The van der Waals surface area contributed by atoms with Gasteiger partial charge in [-0.1, -0.05) is 30.3 Å². The maximum atomic E-state index is 12.8. The van der Waals surface area contributed by atoms with Gasteiger partial charge in [0.15, 0.2) is 5.78 Å². The van der Waals surface area contributed by atoms with Crippen molar-refractivity contribution in [2.24, 2.45) is 0 Å². The van der Waals surface area contributed by atoms with E-state index in [1.807, 2.05) is 6.07 Å². The summed E-state index contributed by atoms with van der Waals surface area (Å²) < 4.78 is 53.8. The number of nitrogens with one attached hydrogen (secondary N) is 2. The molecule has 0 fully saturated rings. The highest BCUT2D eigenvalue weighted by Crippen LogP contribution is 2.24. The van der Waals surface area contributed by atoms with Crippen molar-refractivity contribution in [3.8, 4) is 0 Å². The molecule has 0 unspecified atom stereocenters. The van der Waals surface area contributed by atoms with Crippen molar-refractivity contribution in [2.45, 2.75) is 25.7 Å². The number of hydrogen-bond acceptors (Lipinski definition) is 6. The average molecular weight is 530 g/mol. The number of hydrogen-bond donors (Lipinski definition) is 2. The molecule has 3 rings (SSSR count). The number of para-hydroxylation sites is 1. The van der Waals surface area contributed by atoms with E-state index in [0.717, 1.165) is 21.7 Å². The van der Waals surface area contributed by atoms with Crippen LogP contribution in [0.1, 0.15) is 28.4 Å². The number of Topliss-reactive ketones (excluding diaryl/α,β-unsaturated/α-hetero) is 1. The molecule has 0 aromatic heterocycles. The van der Waals surface area contributed by atoms with Crippen LogP contribution in [0.5, 0.6) is 0 Å². The molecule has 9 nitrogen and oxygen atoms in total. The van der Waals surface area contributed by atoms with E-state index < -0.39 is 32.5 Å². The summed E-state index contributed by atoms with van der Waals surface area (Å²) in [7, 11) is -7.70. The van der Waals surface area contributed by atoms with Gasteiger partial charge in [0.25, 0.3) is 10.0 Å². The first-order valence-corrected chi connectivity index (χ1v) is 14.2. The van der Waals surface area contributed by atoms with Crippen LogP contribution in [0.4, 0.5) is 17.1 Å². The van der Waals surface area contributed by atoms with Crippen molar-refractivity contribution in [1.82, 2.24) is 0 Å². The van der Waals surface area contributed by atoms with Gasteiger partial charge in [-0.25, -0.2) is 16.8 Å². The Morgan fingerprint density at radius 2 is 1.44 bits per heavy atom. The van der Waals surface area contributed by atoms with E-state index in [-0.39, 0.29) is 22.1 Å². The highest BCUT2D eigenvalue weighted by Gasteiger charge is 2.22. The van der Waals surface area contributed by atoms with E-state index >= 15 is 0 Å². The van der Waals surface area contributed by atoms with Crippen LogP contribution in [0.15, 0.2) is 71.6 Å². The molecule has 0 radical (unpaired) electrons. The predicted molar refractivity (Wildman–Crippen MR) is 140 cm³/mol. The minimum absolute atomic E-state index is 0.00182. The van der Waals surface area contributed by atoms with Crippen LogP contribution in [0.3, 0.4) is 0 Å². The Labute approximate surface area is 211 Å². The number of carbonyl (C=O) groups excluding carboxylic acids is 2. The second-order valence-corrected chi connectivity index (χ2v) is 11.9. The molecule has 0 heterocycles. The third-order valence-electron chi connectivity index (χ3n) is 5.39. The minimum atomic E-state index is -3.87. The summed E-state index contributed by atoms with van der Waals surface area (Å²) in [5.41, 5.74) is 2.85. The molecular weight excluding hydrogens is 502 g/mol. The Balaban J connectivity index is 1.75. The quantitative estimate of drug-likeness (QED) is 0.407. The SMILES string of the molecule is CC(=O)c1cccc(N(CC(=O)Nc2ccc(S(=O)(=O)Nc3c(C)cccc3C)cc2)S(C)(=O)=O)c1. The van der Waals surface area contributed by atoms with Crippen molar-refractivity contribution in [3.63, 3.8) is 0 Å². The summed E-state index contributed by atoms with van der Waals surface area (Å²) in [5.74, 6) is -0.880. The molecule has 0 saturated carbocycles. The van der Waals surface area contributed by atoms with Crippen LogP contribution >= 0.6 is 0 Å². The molecule has 0 aliphatic carbocycles. The molecule has 0 aliphatic heterocycles. The summed E-state index contributed by atoms with van der Waals surface area (Å²) in [5, 5.41) is 2.57. The van der Waals surface area contributed by atoms with Gasteiger partial charge in [0.1, 0.15) is 6.54 Å². The third kappa shape index (κ3) is 6.49. The second kappa shape index (κ2) is 10.5. The molecule has 190 valence electrons. The molecule has 0 bridgehead atoms. The maximum Gasteiger partial charge on any atom is 0.261 e. The monoisotopic (exact) mass is 529 g/mol. The Bertz CT molecular complexity index is 1500. The molecule has 11 heteroatoms. The minimum Gasteiger partial charge on any atom is -0.325 e. The fourth-order valence-corrected chi connectivity index (χ4v) is 5.55. The molecule has 0 aliphatic rings. The number of ketones is 1. The van der Waals surface area contributed by atoms with Gasteiger partial charge in [0.2, 0.25) is 15.9 Å². The number of nitrogens with zero attached hydrogens (tertiary/aromatic N) is 1. The lowest BCUT2D eigenvalue weighted by Crippen LogP contribution is -2.37. The van der Waals surface area contributed by atoms with Gasteiger partial charge >= 0.3 is 0 Å². The van der Waals surface area contributed by atoms with E-state index in [9.17, 15) is 26.4 Å². The molecule has 36 heavy (non-hydrogen) atoms. The highest BCUT2D eigenvalue weighted by molar-refractivity contribution is 7.92. The Morgan fingerprint density at radius 3 is 2.00 bits per heavy atom. The molecular formula is C25H27N3O6S2.